The van der Waals surface area contributed by atoms with Crippen LogP contribution in [0.3, 0.4) is 0 Å². The third-order valence-electron chi connectivity index (χ3n) is 2.02. The molecule has 0 aliphatic heterocycles. The normalized spacial score (nSPS) is 11.8. The SMILES string of the molecule is [O-][n+]1cc(OC(F)(F)F)c2ccc(Br)cc2c1. The Morgan fingerprint density at radius 1 is 1.24 bits per heavy atom. The summed E-state index contributed by atoms with van der Waals surface area (Å²) in [5.74, 6) is -0.516. The molecule has 0 aliphatic rings. The van der Waals surface area contributed by atoms with E-state index in [1.54, 1.807) is 6.07 Å². The summed E-state index contributed by atoms with van der Waals surface area (Å²) in [5.41, 5.74) is 0. The zero-order valence-corrected chi connectivity index (χ0v) is 9.75. The van der Waals surface area contributed by atoms with Crippen LogP contribution in [0.4, 0.5) is 13.2 Å². The quantitative estimate of drug-likeness (QED) is 0.599. The van der Waals surface area contributed by atoms with Crippen molar-refractivity contribution in [1.82, 2.24) is 0 Å². The van der Waals surface area contributed by atoms with Crippen LogP contribution in [0, 0.1) is 5.21 Å². The molecule has 17 heavy (non-hydrogen) atoms. The molecule has 0 atom stereocenters. The Balaban J connectivity index is 2.62. The number of hydrogen-bond acceptors (Lipinski definition) is 2. The molecule has 0 saturated heterocycles. The van der Waals surface area contributed by atoms with Gasteiger partial charge in [0, 0.05) is 9.86 Å². The second-order valence-corrected chi connectivity index (χ2v) is 4.18. The molecule has 1 aromatic carbocycles. The van der Waals surface area contributed by atoms with Crippen LogP contribution in [0.1, 0.15) is 0 Å². The van der Waals surface area contributed by atoms with Gasteiger partial charge in [-0.1, -0.05) is 15.9 Å². The van der Waals surface area contributed by atoms with Crippen molar-refractivity contribution in [3.05, 3.63) is 40.3 Å². The van der Waals surface area contributed by atoms with Gasteiger partial charge in [0.1, 0.15) is 0 Å². The summed E-state index contributed by atoms with van der Waals surface area (Å²) < 4.78 is 41.1. The van der Waals surface area contributed by atoms with Gasteiger partial charge >= 0.3 is 6.36 Å². The highest BCUT2D eigenvalue weighted by Gasteiger charge is 2.32. The van der Waals surface area contributed by atoms with Crippen molar-refractivity contribution >= 4 is 26.7 Å². The second-order valence-electron chi connectivity index (χ2n) is 3.26. The van der Waals surface area contributed by atoms with E-state index >= 15 is 0 Å². The van der Waals surface area contributed by atoms with Crippen LogP contribution in [-0.2, 0) is 0 Å². The zero-order chi connectivity index (χ0) is 12.6. The molecule has 0 bridgehead atoms. The number of ether oxygens (including phenoxy) is 1. The van der Waals surface area contributed by atoms with E-state index in [1.807, 2.05) is 0 Å². The summed E-state index contributed by atoms with van der Waals surface area (Å²) >= 11 is 3.17. The van der Waals surface area contributed by atoms with Gasteiger partial charge in [-0.15, -0.1) is 13.2 Å². The number of fused-ring (bicyclic) bond motifs is 1. The first-order valence-corrected chi connectivity index (χ1v) is 5.22. The minimum atomic E-state index is -4.83. The standard InChI is InChI=1S/C10H5BrF3NO2/c11-7-1-2-8-6(3-7)4-15(16)5-9(8)17-10(12,13)14/h1-5H. The van der Waals surface area contributed by atoms with E-state index in [0.29, 0.717) is 9.86 Å². The Kier molecular flexibility index (Phi) is 2.86. The van der Waals surface area contributed by atoms with Crippen LogP contribution in [0.25, 0.3) is 10.8 Å². The molecule has 3 nitrogen and oxygen atoms in total. The molecular formula is C10H5BrF3NO2. The van der Waals surface area contributed by atoms with Gasteiger partial charge in [-0.3, -0.25) is 0 Å². The van der Waals surface area contributed by atoms with Crippen molar-refractivity contribution in [2.24, 2.45) is 0 Å². The Morgan fingerprint density at radius 3 is 2.59 bits per heavy atom. The van der Waals surface area contributed by atoms with Crippen LogP contribution in [0.2, 0.25) is 0 Å². The number of nitrogens with zero attached hydrogens (tertiary/aromatic N) is 1. The van der Waals surface area contributed by atoms with E-state index in [2.05, 4.69) is 20.7 Å². The van der Waals surface area contributed by atoms with E-state index < -0.39 is 12.1 Å². The van der Waals surface area contributed by atoms with E-state index in [0.717, 1.165) is 6.20 Å². The van der Waals surface area contributed by atoms with Crippen LogP contribution >= 0.6 is 15.9 Å². The summed E-state index contributed by atoms with van der Waals surface area (Å²) in [6, 6.07) is 4.55. The fourth-order valence-corrected chi connectivity index (χ4v) is 1.81. The monoisotopic (exact) mass is 307 g/mol. The smallest absolute Gasteiger partial charge is 0.573 e. The molecular weight excluding hydrogens is 303 g/mol. The lowest BCUT2D eigenvalue weighted by Crippen LogP contribution is -2.26. The molecule has 90 valence electrons. The molecule has 0 N–H and O–H groups in total. The van der Waals surface area contributed by atoms with Crippen molar-refractivity contribution in [2.75, 3.05) is 0 Å². The minimum Gasteiger partial charge on any atom is -0.619 e. The van der Waals surface area contributed by atoms with Gasteiger partial charge in [0.25, 0.3) is 0 Å². The summed E-state index contributed by atoms with van der Waals surface area (Å²) in [7, 11) is 0. The van der Waals surface area contributed by atoms with Gasteiger partial charge < -0.3 is 9.94 Å². The topological polar surface area (TPSA) is 36.2 Å². The van der Waals surface area contributed by atoms with Crippen molar-refractivity contribution in [3.63, 3.8) is 0 Å². The molecule has 2 rings (SSSR count). The molecule has 0 amide bonds. The van der Waals surface area contributed by atoms with E-state index in [9.17, 15) is 18.4 Å². The number of halogens is 4. The third kappa shape index (κ3) is 2.79. The summed E-state index contributed by atoms with van der Waals surface area (Å²) in [4.78, 5) is 0. The van der Waals surface area contributed by atoms with Crippen molar-refractivity contribution in [1.29, 1.82) is 0 Å². The van der Waals surface area contributed by atoms with Gasteiger partial charge in [-0.2, -0.15) is 4.73 Å². The minimum absolute atomic E-state index is 0.220. The maximum atomic E-state index is 12.1. The predicted octanol–water partition coefficient (Wildman–Crippen LogP) is 3.13. The summed E-state index contributed by atoms with van der Waals surface area (Å²) in [6.45, 7) is 0. The number of benzene rings is 1. The average molecular weight is 308 g/mol. The molecule has 0 spiro atoms. The third-order valence-corrected chi connectivity index (χ3v) is 2.51. The maximum absolute atomic E-state index is 12.1. The summed E-state index contributed by atoms with van der Waals surface area (Å²) in [6.07, 6.45) is -2.92. The molecule has 0 radical (unpaired) electrons. The number of alkyl halides is 3. The van der Waals surface area contributed by atoms with Gasteiger partial charge in [0.15, 0.2) is 6.20 Å². The summed E-state index contributed by atoms with van der Waals surface area (Å²) in [5, 5.41) is 11.7. The number of hydrogen-bond donors (Lipinski definition) is 0. The van der Waals surface area contributed by atoms with Crippen molar-refractivity contribution in [3.8, 4) is 5.75 Å². The first kappa shape index (κ1) is 12.0. The van der Waals surface area contributed by atoms with Gasteiger partial charge in [0.05, 0.1) is 5.39 Å². The van der Waals surface area contributed by atoms with Gasteiger partial charge in [-0.05, 0) is 18.2 Å². The highest BCUT2D eigenvalue weighted by Crippen LogP contribution is 2.30. The fourth-order valence-electron chi connectivity index (χ4n) is 1.43. The molecule has 1 heterocycles. The van der Waals surface area contributed by atoms with Crippen molar-refractivity contribution in [2.45, 2.75) is 6.36 Å². The fraction of sp³-hybridized carbons (Fsp3) is 0.100. The highest BCUT2D eigenvalue weighted by molar-refractivity contribution is 9.10. The lowest BCUT2D eigenvalue weighted by atomic mass is 10.2. The second kappa shape index (κ2) is 4.06. The Morgan fingerprint density at radius 2 is 1.94 bits per heavy atom. The highest BCUT2D eigenvalue weighted by atomic mass is 79.9. The maximum Gasteiger partial charge on any atom is 0.573 e. The van der Waals surface area contributed by atoms with E-state index in [4.69, 9.17) is 0 Å². The molecule has 0 unspecified atom stereocenters. The van der Waals surface area contributed by atoms with E-state index in [1.165, 1.54) is 18.3 Å². The number of aromatic nitrogens is 1. The van der Waals surface area contributed by atoms with E-state index in [-0.39, 0.29) is 10.1 Å². The molecule has 0 fully saturated rings. The van der Waals surface area contributed by atoms with Crippen molar-refractivity contribution < 1.29 is 22.6 Å². The molecule has 0 aliphatic carbocycles. The Hall–Kier alpha value is -1.50. The lowest BCUT2D eigenvalue weighted by molar-refractivity contribution is -0.604. The number of pyridine rings is 1. The first-order chi connectivity index (χ1) is 7.85. The average Bonchev–Trinajstić information content (AvgIpc) is 2.13. The number of rotatable bonds is 1. The molecule has 7 heteroatoms. The van der Waals surface area contributed by atoms with Crippen LogP contribution in [-0.4, -0.2) is 6.36 Å². The molecule has 1 aromatic heterocycles. The lowest BCUT2D eigenvalue weighted by Gasteiger charge is -2.10. The Bertz CT molecular complexity index is 566. The Labute approximate surface area is 102 Å². The molecule has 0 saturated carbocycles. The predicted molar refractivity (Wildman–Crippen MR) is 57.3 cm³/mol. The zero-order valence-electron chi connectivity index (χ0n) is 8.16. The largest absolute Gasteiger partial charge is 0.619 e. The van der Waals surface area contributed by atoms with Crippen LogP contribution in [0.5, 0.6) is 5.75 Å². The van der Waals surface area contributed by atoms with Gasteiger partial charge in [-0.25, -0.2) is 0 Å². The van der Waals surface area contributed by atoms with Gasteiger partial charge in [0.2, 0.25) is 11.9 Å². The first-order valence-electron chi connectivity index (χ1n) is 4.43. The van der Waals surface area contributed by atoms with Crippen LogP contribution in [0.15, 0.2) is 35.1 Å². The van der Waals surface area contributed by atoms with Crippen LogP contribution < -0.4 is 9.47 Å². The molecule has 2 aromatic rings.